The minimum Gasteiger partial charge on any atom is -0.444 e. The van der Waals surface area contributed by atoms with Crippen molar-refractivity contribution in [3.05, 3.63) is 60.7 Å². The van der Waals surface area contributed by atoms with Crippen LogP contribution in [-0.4, -0.2) is 57.4 Å². The highest BCUT2D eigenvalue weighted by Gasteiger charge is 2.50. The summed E-state index contributed by atoms with van der Waals surface area (Å²) in [5.74, 6) is -0.173. The van der Waals surface area contributed by atoms with E-state index in [4.69, 9.17) is 19.6 Å². The maximum Gasteiger partial charge on any atom is 0.407 e. The van der Waals surface area contributed by atoms with Gasteiger partial charge in [0.05, 0.1) is 0 Å². The fraction of sp³-hybridized carbons (Fsp3) is 0.562. The van der Waals surface area contributed by atoms with E-state index in [1.807, 2.05) is 77.9 Å². The second kappa shape index (κ2) is 14.3. The zero-order valence-electron chi connectivity index (χ0n) is 26.4. The van der Waals surface area contributed by atoms with Crippen LogP contribution in [0.1, 0.15) is 68.7 Å². The van der Waals surface area contributed by atoms with Gasteiger partial charge in [0.2, 0.25) is 0 Å². The summed E-state index contributed by atoms with van der Waals surface area (Å²) in [6, 6.07) is 20.4. The van der Waals surface area contributed by atoms with E-state index in [-0.39, 0.29) is 23.5 Å². The van der Waals surface area contributed by atoms with Gasteiger partial charge >= 0.3 is 12.2 Å². The van der Waals surface area contributed by atoms with Gasteiger partial charge < -0.3 is 30.3 Å². The molecule has 0 heterocycles. The van der Waals surface area contributed by atoms with E-state index in [0.717, 1.165) is 0 Å². The quantitative estimate of drug-likeness (QED) is 0.322. The van der Waals surface area contributed by atoms with Crippen LogP contribution < -0.4 is 26.7 Å². The number of amides is 2. The van der Waals surface area contributed by atoms with Crippen molar-refractivity contribution in [3.63, 3.8) is 0 Å². The Morgan fingerprint density at radius 3 is 1.66 bits per heavy atom. The standard InChI is InChI=1S/C32H51N3O5Si/c1-30(2,3)39-28(36)34-22-24(20-25(21-33)35-29(37)40-31(4,5)6)23-38-41(32(7,8)9,26-16-12-10-13-17-26)27-18-14-11-15-19-27/h10-19,24-25H,20-23,33H2,1-9H3,(H,34,36)(H,35,37)/t24?,25-/m1/s1. The van der Waals surface area contributed by atoms with Crippen molar-refractivity contribution in [2.45, 2.75) is 91.0 Å². The molecule has 2 aromatic carbocycles. The molecule has 4 N–H and O–H groups in total. The number of nitrogens with one attached hydrogen (secondary N) is 2. The molecule has 41 heavy (non-hydrogen) atoms. The van der Waals surface area contributed by atoms with Crippen LogP contribution in [0.2, 0.25) is 5.04 Å². The first-order valence-corrected chi connectivity index (χ1v) is 16.3. The highest BCUT2D eigenvalue weighted by Crippen LogP contribution is 2.37. The molecule has 0 saturated carbocycles. The number of ether oxygens (including phenoxy) is 2. The SMILES string of the molecule is CC(C)(C)OC(=O)NCC(CO[Si](c1ccccc1)(c1ccccc1)C(C)(C)C)C[C@H](CN)NC(=O)OC(C)(C)C. The molecule has 228 valence electrons. The second-order valence-corrected chi connectivity index (χ2v) is 17.8. The highest BCUT2D eigenvalue weighted by molar-refractivity contribution is 6.99. The van der Waals surface area contributed by atoms with E-state index in [1.54, 1.807) is 0 Å². The molecule has 0 spiro atoms. The van der Waals surface area contributed by atoms with Crippen molar-refractivity contribution in [1.29, 1.82) is 0 Å². The predicted octanol–water partition coefficient (Wildman–Crippen LogP) is 4.95. The van der Waals surface area contributed by atoms with Crippen LogP contribution in [0, 0.1) is 5.92 Å². The summed E-state index contributed by atoms with van der Waals surface area (Å²) in [5, 5.41) is 7.93. The third kappa shape index (κ3) is 10.8. The van der Waals surface area contributed by atoms with Gasteiger partial charge in [-0.05, 0) is 63.4 Å². The molecule has 0 aliphatic rings. The molecular weight excluding hydrogens is 534 g/mol. The average molecular weight is 586 g/mol. The molecule has 0 aromatic heterocycles. The average Bonchev–Trinajstić information content (AvgIpc) is 2.85. The Balaban J connectivity index is 2.40. The summed E-state index contributed by atoms with van der Waals surface area (Å²) in [6.45, 7) is 18.4. The lowest BCUT2D eigenvalue weighted by atomic mass is 10.0. The molecule has 1 unspecified atom stereocenters. The van der Waals surface area contributed by atoms with Gasteiger partial charge in [0.25, 0.3) is 8.32 Å². The van der Waals surface area contributed by atoms with Crippen molar-refractivity contribution in [2.24, 2.45) is 11.7 Å². The smallest absolute Gasteiger partial charge is 0.407 e. The summed E-state index contributed by atoms with van der Waals surface area (Å²) in [4.78, 5) is 25.1. The van der Waals surface area contributed by atoms with E-state index in [1.165, 1.54) is 10.4 Å². The van der Waals surface area contributed by atoms with Crippen molar-refractivity contribution in [2.75, 3.05) is 19.7 Å². The van der Waals surface area contributed by atoms with Crippen LogP contribution in [-0.2, 0) is 13.9 Å². The number of nitrogens with two attached hydrogens (primary N) is 1. The van der Waals surface area contributed by atoms with Crippen LogP contribution in [0.25, 0.3) is 0 Å². The van der Waals surface area contributed by atoms with Crippen LogP contribution in [0.15, 0.2) is 60.7 Å². The third-order valence-electron chi connectivity index (χ3n) is 6.51. The van der Waals surface area contributed by atoms with E-state index in [0.29, 0.717) is 19.6 Å². The van der Waals surface area contributed by atoms with Crippen LogP contribution in [0.5, 0.6) is 0 Å². The monoisotopic (exact) mass is 585 g/mol. The Bertz CT molecular complexity index is 1050. The molecule has 0 aliphatic heterocycles. The Morgan fingerprint density at radius 1 is 0.780 bits per heavy atom. The normalized spacial score (nSPS) is 14.1. The van der Waals surface area contributed by atoms with Crippen LogP contribution in [0.3, 0.4) is 0 Å². The molecule has 2 aromatic rings. The third-order valence-corrected chi connectivity index (χ3v) is 11.5. The fourth-order valence-corrected chi connectivity index (χ4v) is 9.49. The molecule has 2 amide bonds. The second-order valence-electron chi connectivity index (χ2n) is 13.5. The topological polar surface area (TPSA) is 112 Å². The van der Waals surface area contributed by atoms with Gasteiger partial charge in [-0.15, -0.1) is 0 Å². The van der Waals surface area contributed by atoms with E-state index < -0.39 is 31.7 Å². The lowest BCUT2D eigenvalue weighted by Crippen LogP contribution is -2.67. The molecule has 0 saturated heterocycles. The predicted molar refractivity (Wildman–Crippen MR) is 168 cm³/mol. The Labute approximate surface area is 247 Å². The van der Waals surface area contributed by atoms with Gasteiger partial charge in [-0.25, -0.2) is 9.59 Å². The molecule has 9 heteroatoms. The minimum absolute atomic E-state index is 0.173. The first-order chi connectivity index (χ1) is 19.0. The van der Waals surface area contributed by atoms with Gasteiger partial charge in [-0.2, -0.15) is 0 Å². The summed E-state index contributed by atoms with van der Waals surface area (Å²) in [5.41, 5.74) is 4.84. The lowest BCUT2D eigenvalue weighted by Gasteiger charge is -2.44. The van der Waals surface area contributed by atoms with Gasteiger partial charge in [0.1, 0.15) is 11.2 Å². The molecule has 0 radical (unpaired) electrons. The summed E-state index contributed by atoms with van der Waals surface area (Å²) in [7, 11) is -2.82. The Morgan fingerprint density at radius 2 is 1.24 bits per heavy atom. The number of hydrogen-bond acceptors (Lipinski definition) is 6. The van der Waals surface area contributed by atoms with Crippen LogP contribution in [0.4, 0.5) is 9.59 Å². The molecule has 0 aliphatic carbocycles. The number of rotatable bonds is 11. The minimum atomic E-state index is -2.82. The number of alkyl carbamates (subject to hydrolysis) is 2. The maximum atomic E-state index is 12.6. The molecule has 0 bridgehead atoms. The number of carbonyl (C=O) groups is 2. The summed E-state index contributed by atoms with van der Waals surface area (Å²) >= 11 is 0. The molecular formula is C32H51N3O5Si. The summed E-state index contributed by atoms with van der Waals surface area (Å²) < 4.78 is 18.1. The molecule has 2 atom stereocenters. The van der Waals surface area contributed by atoms with Crippen molar-refractivity contribution in [1.82, 2.24) is 10.6 Å². The first-order valence-electron chi connectivity index (χ1n) is 14.4. The van der Waals surface area contributed by atoms with Gasteiger partial charge in [0, 0.05) is 31.7 Å². The van der Waals surface area contributed by atoms with E-state index in [9.17, 15) is 9.59 Å². The summed E-state index contributed by atoms with van der Waals surface area (Å²) in [6.07, 6.45) is -0.555. The highest BCUT2D eigenvalue weighted by atomic mass is 28.4. The van der Waals surface area contributed by atoms with Crippen LogP contribution >= 0.6 is 0 Å². The molecule has 8 nitrogen and oxygen atoms in total. The Hall–Kier alpha value is -2.88. The molecule has 2 rings (SSSR count). The fourth-order valence-electron chi connectivity index (χ4n) is 4.85. The van der Waals surface area contributed by atoms with Crippen molar-refractivity contribution < 1.29 is 23.5 Å². The zero-order chi connectivity index (χ0) is 30.9. The van der Waals surface area contributed by atoms with Gasteiger partial charge in [0.15, 0.2) is 0 Å². The lowest BCUT2D eigenvalue weighted by molar-refractivity contribution is 0.0471. The van der Waals surface area contributed by atoms with E-state index in [2.05, 4.69) is 55.7 Å². The van der Waals surface area contributed by atoms with Gasteiger partial charge in [-0.3, -0.25) is 0 Å². The Kier molecular flexibility index (Phi) is 12.0. The maximum absolute atomic E-state index is 12.6. The van der Waals surface area contributed by atoms with Gasteiger partial charge in [-0.1, -0.05) is 81.4 Å². The number of benzene rings is 2. The van der Waals surface area contributed by atoms with E-state index >= 15 is 0 Å². The first kappa shape index (κ1) is 34.3. The number of hydrogen-bond donors (Lipinski definition) is 3. The van der Waals surface area contributed by atoms with Crippen molar-refractivity contribution in [3.8, 4) is 0 Å². The van der Waals surface area contributed by atoms with Crippen molar-refractivity contribution >= 4 is 30.9 Å². The number of carbonyl (C=O) groups excluding carboxylic acids is 2. The zero-order valence-corrected chi connectivity index (χ0v) is 27.4. The molecule has 0 fully saturated rings. The largest absolute Gasteiger partial charge is 0.444 e.